The summed E-state index contributed by atoms with van der Waals surface area (Å²) in [5.74, 6) is -2.51. The van der Waals surface area contributed by atoms with Gasteiger partial charge in [-0.25, -0.2) is 8.42 Å². The number of anilines is 1. The van der Waals surface area contributed by atoms with Crippen molar-refractivity contribution in [1.29, 1.82) is 0 Å². The third kappa shape index (κ3) is 4.63. The Morgan fingerprint density at radius 2 is 1.97 bits per heavy atom. The molecule has 2 aromatic carbocycles. The molecule has 1 fully saturated rings. The van der Waals surface area contributed by atoms with Crippen molar-refractivity contribution in [1.82, 2.24) is 4.90 Å². The number of fused-ring (bicyclic) bond motifs is 1. The molecule has 0 saturated heterocycles. The molecule has 1 aliphatic heterocycles. The zero-order chi connectivity index (χ0) is 27.1. The van der Waals surface area contributed by atoms with E-state index in [0.717, 1.165) is 24.0 Å². The number of sulfone groups is 1. The minimum absolute atomic E-state index is 0.00705. The van der Waals surface area contributed by atoms with Gasteiger partial charge in [-0.05, 0) is 49.6 Å². The molecule has 180 valence electrons. The van der Waals surface area contributed by atoms with Crippen LogP contribution in [0.5, 0.6) is 11.5 Å². The highest BCUT2D eigenvalue weighted by Crippen LogP contribution is 2.39. The number of benzene rings is 2. The van der Waals surface area contributed by atoms with Crippen molar-refractivity contribution < 1.29 is 36.4 Å². The molecule has 2 aliphatic rings. The van der Waals surface area contributed by atoms with Gasteiger partial charge in [-0.1, -0.05) is 12.1 Å². The molecule has 0 aromatic heterocycles. The van der Waals surface area contributed by atoms with Gasteiger partial charge in [0.15, 0.2) is 11.5 Å². The average molecular weight is 490 g/mol. The van der Waals surface area contributed by atoms with E-state index in [1.54, 1.807) is 6.92 Å². The summed E-state index contributed by atoms with van der Waals surface area (Å²) >= 11 is 0. The largest absolute Gasteiger partial charge is 0.493 e. The molecule has 0 bridgehead atoms. The lowest BCUT2D eigenvalue weighted by Gasteiger charge is -2.27. The molecule has 1 N–H and O–H groups in total. The van der Waals surface area contributed by atoms with Crippen molar-refractivity contribution in [2.75, 3.05) is 31.0 Å². The van der Waals surface area contributed by atoms with Crippen LogP contribution in [-0.2, 0) is 14.6 Å². The minimum atomic E-state index is -3.72. The Bertz CT molecular complexity index is 1370. The standard InChI is InChI=1S/C24H26N2O7S/c1-4-33-20-12-15(10-11-19(20)32-2)18(13-34(3,30)31)26-23(28)16-6-5-7-17(21(16)24(26)29)25-22(27)14-8-9-14/h5-7,10-12,14,18H,4,8-9,13H2,1-3H3,(H,25,27)/t18-/m1/s1/i2D3. The summed E-state index contributed by atoms with van der Waals surface area (Å²) < 4.78 is 57.4. The van der Waals surface area contributed by atoms with Gasteiger partial charge in [0.05, 0.1) is 46.4 Å². The predicted octanol–water partition coefficient (Wildman–Crippen LogP) is 2.82. The first-order valence-electron chi connectivity index (χ1n) is 12.2. The van der Waals surface area contributed by atoms with E-state index in [1.165, 1.54) is 36.4 Å². The van der Waals surface area contributed by atoms with Crippen molar-refractivity contribution in [3.05, 3.63) is 53.1 Å². The normalized spacial score (nSPS) is 17.9. The summed E-state index contributed by atoms with van der Waals surface area (Å²) in [6.07, 6.45) is 2.48. The molecule has 9 nitrogen and oxygen atoms in total. The van der Waals surface area contributed by atoms with Crippen LogP contribution in [-0.4, -0.2) is 56.7 Å². The van der Waals surface area contributed by atoms with Gasteiger partial charge >= 0.3 is 0 Å². The summed E-state index contributed by atoms with van der Waals surface area (Å²) in [7, 11) is -6.48. The Morgan fingerprint density at radius 1 is 1.21 bits per heavy atom. The van der Waals surface area contributed by atoms with E-state index in [2.05, 4.69) is 5.32 Å². The highest BCUT2D eigenvalue weighted by Gasteiger charge is 2.44. The van der Waals surface area contributed by atoms with E-state index in [4.69, 9.17) is 13.6 Å². The van der Waals surface area contributed by atoms with E-state index in [0.29, 0.717) is 0 Å². The maximum atomic E-state index is 13.6. The Hall–Kier alpha value is -3.40. The molecule has 3 amide bonds. The minimum Gasteiger partial charge on any atom is -0.493 e. The third-order valence-electron chi connectivity index (χ3n) is 5.69. The molecule has 0 spiro atoms. The van der Waals surface area contributed by atoms with Gasteiger partial charge < -0.3 is 14.8 Å². The molecule has 0 radical (unpaired) electrons. The highest BCUT2D eigenvalue weighted by atomic mass is 32.2. The van der Waals surface area contributed by atoms with Gasteiger partial charge in [-0.2, -0.15) is 0 Å². The second-order valence-electron chi connectivity index (χ2n) is 8.32. The second-order valence-corrected chi connectivity index (χ2v) is 10.5. The Labute approximate surface area is 202 Å². The summed E-state index contributed by atoms with van der Waals surface area (Å²) in [6, 6.07) is 7.29. The fourth-order valence-electron chi connectivity index (χ4n) is 3.96. The zero-order valence-corrected chi connectivity index (χ0v) is 19.5. The fraction of sp³-hybridized carbons (Fsp3) is 0.375. The number of carbonyl (C=O) groups is 3. The number of imide groups is 1. The topological polar surface area (TPSA) is 119 Å². The summed E-state index contributed by atoms with van der Waals surface area (Å²) in [5, 5.41) is 2.71. The summed E-state index contributed by atoms with van der Waals surface area (Å²) in [5.41, 5.74) is 0.450. The number of carbonyl (C=O) groups excluding carboxylic acids is 3. The first-order valence-corrected chi connectivity index (χ1v) is 12.8. The molecular weight excluding hydrogens is 460 g/mol. The van der Waals surface area contributed by atoms with Gasteiger partial charge in [0, 0.05) is 12.2 Å². The third-order valence-corrected chi connectivity index (χ3v) is 6.61. The van der Waals surface area contributed by atoms with E-state index in [1.807, 2.05) is 0 Å². The van der Waals surface area contributed by atoms with Crippen LogP contribution in [0.1, 0.15) is 56.2 Å². The molecule has 4 rings (SSSR count). The lowest BCUT2D eigenvalue weighted by Crippen LogP contribution is -2.37. The van der Waals surface area contributed by atoms with E-state index in [9.17, 15) is 22.8 Å². The van der Waals surface area contributed by atoms with Crippen LogP contribution < -0.4 is 14.8 Å². The van der Waals surface area contributed by atoms with Crippen molar-refractivity contribution in [3.8, 4) is 11.5 Å². The van der Waals surface area contributed by atoms with E-state index >= 15 is 0 Å². The maximum absolute atomic E-state index is 13.6. The van der Waals surface area contributed by atoms with E-state index < -0.39 is 40.5 Å². The first kappa shape index (κ1) is 20.0. The quantitative estimate of drug-likeness (QED) is 0.538. The van der Waals surface area contributed by atoms with Crippen LogP contribution in [0.4, 0.5) is 5.69 Å². The van der Waals surface area contributed by atoms with Gasteiger partial charge in [0.1, 0.15) is 9.84 Å². The summed E-state index contributed by atoms with van der Waals surface area (Å²) in [4.78, 5) is 40.2. The van der Waals surface area contributed by atoms with Gasteiger partial charge in [0.25, 0.3) is 11.8 Å². The van der Waals surface area contributed by atoms with Gasteiger partial charge in [-0.3, -0.25) is 19.3 Å². The number of amides is 3. The van der Waals surface area contributed by atoms with E-state index in [-0.39, 0.29) is 52.3 Å². The van der Waals surface area contributed by atoms with Crippen molar-refractivity contribution in [3.63, 3.8) is 0 Å². The molecule has 1 heterocycles. The van der Waals surface area contributed by atoms with Crippen LogP contribution >= 0.6 is 0 Å². The molecular formula is C24H26N2O7S. The number of hydrogen-bond donors (Lipinski definition) is 1. The smallest absolute Gasteiger partial charge is 0.264 e. The molecule has 34 heavy (non-hydrogen) atoms. The Balaban J connectivity index is 1.76. The average Bonchev–Trinajstić information content (AvgIpc) is 3.60. The number of ether oxygens (including phenoxy) is 2. The van der Waals surface area contributed by atoms with Crippen molar-refractivity contribution in [2.24, 2.45) is 5.92 Å². The van der Waals surface area contributed by atoms with Crippen LogP contribution in [0.15, 0.2) is 36.4 Å². The van der Waals surface area contributed by atoms with Crippen LogP contribution in [0.2, 0.25) is 0 Å². The lowest BCUT2D eigenvalue weighted by molar-refractivity contribution is -0.117. The molecule has 0 unspecified atom stereocenters. The number of nitrogens with one attached hydrogen (secondary N) is 1. The fourth-order valence-corrected chi connectivity index (χ4v) is 4.88. The number of rotatable bonds is 9. The molecule has 1 atom stereocenters. The summed E-state index contributed by atoms with van der Waals surface area (Å²) in [6.45, 7) is 1.82. The molecule has 1 aliphatic carbocycles. The second kappa shape index (κ2) is 9.09. The lowest BCUT2D eigenvalue weighted by atomic mass is 10.1. The SMILES string of the molecule is [2H]C([2H])([2H])Oc1ccc([C@@H](CS(C)(=O)=O)N2C(=O)c3cccc(NC(=O)C4CC4)c3C2=O)cc1OCC. The van der Waals surface area contributed by atoms with Crippen LogP contribution in [0.25, 0.3) is 0 Å². The number of hydrogen-bond acceptors (Lipinski definition) is 7. The Kier molecular flexibility index (Phi) is 5.35. The van der Waals surface area contributed by atoms with Crippen molar-refractivity contribution >= 4 is 33.2 Å². The maximum Gasteiger partial charge on any atom is 0.264 e. The monoisotopic (exact) mass is 489 g/mol. The first-order chi connectivity index (χ1) is 17.3. The van der Waals surface area contributed by atoms with Crippen LogP contribution in [0, 0.1) is 5.92 Å². The number of nitrogens with zero attached hydrogens (tertiary/aromatic N) is 1. The molecule has 10 heteroatoms. The van der Waals surface area contributed by atoms with Crippen molar-refractivity contribution in [2.45, 2.75) is 25.8 Å². The highest BCUT2D eigenvalue weighted by molar-refractivity contribution is 7.90. The molecule has 1 saturated carbocycles. The zero-order valence-electron chi connectivity index (χ0n) is 21.7. The molecule has 2 aromatic rings. The van der Waals surface area contributed by atoms with Gasteiger partial charge in [0.2, 0.25) is 5.91 Å². The van der Waals surface area contributed by atoms with Crippen LogP contribution in [0.3, 0.4) is 0 Å². The predicted molar refractivity (Wildman–Crippen MR) is 125 cm³/mol. The Morgan fingerprint density at radius 3 is 2.62 bits per heavy atom. The number of methoxy groups -OCH3 is 1. The van der Waals surface area contributed by atoms with Gasteiger partial charge in [-0.15, -0.1) is 0 Å².